The Balaban J connectivity index is 0.802. The lowest BCUT2D eigenvalue weighted by atomic mass is 9.73. The van der Waals surface area contributed by atoms with Crippen LogP contribution < -0.4 is 16.0 Å². The van der Waals surface area contributed by atoms with E-state index in [1.54, 1.807) is 36.4 Å². The maximum atomic E-state index is 16.2. The number of nitrogens with one attached hydrogen (secondary N) is 3. The van der Waals surface area contributed by atoms with Crippen molar-refractivity contribution >= 4 is 58.3 Å². The van der Waals surface area contributed by atoms with Gasteiger partial charge in [-0.15, -0.1) is 0 Å². The van der Waals surface area contributed by atoms with Gasteiger partial charge in [-0.25, -0.2) is 4.39 Å². The van der Waals surface area contributed by atoms with Crippen molar-refractivity contribution in [3.05, 3.63) is 134 Å². The maximum absolute atomic E-state index is 16.2. The zero-order chi connectivity index (χ0) is 42.9. The van der Waals surface area contributed by atoms with E-state index in [4.69, 9.17) is 23.2 Å². The van der Waals surface area contributed by atoms with Crippen LogP contribution in [-0.2, 0) is 26.5 Å². The van der Waals surface area contributed by atoms with Crippen molar-refractivity contribution in [1.29, 1.82) is 0 Å². The van der Waals surface area contributed by atoms with Gasteiger partial charge in [0.25, 0.3) is 5.91 Å². The van der Waals surface area contributed by atoms with Crippen LogP contribution in [0.3, 0.4) is 0 Å². The predicted octanol–water partition coefficient (Wildman–Crippen LogP) is 7.82. The molecular formula is C49H44Cl2FN5O5. The minimum atomic E-state index is -1.16. The van der Waals surface area contributed by atoms with Gasteiger partial charge in [0.1, 0.15) is 17.4 Å². The number of rotatable bonds is 10. The summed E-state index contributed by atoms with van der Waals surface area (Å²) in [4.78, 5) is 69.0. The topological polar surface area (TPSA) is 128 Å². The second kappa shape index (κ2) is 16.1. The summed E-state index contributed by atoms with van der Waals surface area (Å²) in [5.74, 6) is 4.63. The smallest absolute Gasteiger partial charge is 0.255 e. The summed E-state index contributed by atoms with van der Waals surface area (Å²) in [6.07, 6.45) is 5.72. The molecular weight excluding hydrogens is 828 g/mol. The minimum absolute atomic E-state index is 0.0164. The quantitative estimate of drug-likeness (QED) is 0.0642. The van der Waals surface area contributed by atoms with Crippen LogP contribution in [0.4, 0.5) is 10.1 Å². The lowest BCUT2D eigenvalue weighted by Gasteiger charge is -2.41. The Morgan fingerprint density at radius 2 is 1.73 bits per heavy atom. The summed E-state index contributed by atoms with van der Waals surface area (Å²) in [5, 5.41) is 9.83. The third kappa shape index (κ3) is 6.92. The number of hydrogen-bond donors (Lipinski definition) is 3. The summed E-state index contributed by atoms with van der Waals surface area (Å²) in [7, 11) is 0. The lowest BCUT2D eigenvalue weighted by Crippen LogP contribution is -2.53. The fourth-order valence-electron chi connectivity index (χ4n) is 10.7. The molecule has 13 heteroatoms. The van der Waals surface area contributed by atoms with Crippen molar-refractivity contribution in [2.45, 2.75) is 100.0 Å². The van der Waals surface area contributed by atoms with Crippen LogP contribution in [0.5, 0.6) is 0 Å². The largest absolute Gasteiger partial charge is 0.324 e. The monoisotopic (exact) mass is 871 g/mol. The molecule has 10 nitrogen and oxygen atoms in total. The van der Waals surface area contributed by atoms with E-state index in [0.717, 1.165) is 41.5 Å². The van der Waals surface area contributed by atoms with E-state index in [-0.39, 0.29) is 59.6 Å². The van der Waals surface area contributed by atoms with Crippen LogP contribution in [-0.4, -0.2) is 63.9 Å². The Hall–Kier alpha value is -5.38. The number of carbonyl (C=O) groups is 5. The second-order valence-electron chi connectivity index (χ2n) is 17.5. The Labute approximate surface area is 368 Å². The fourth-order valence-corrected chi connectivity index (χ4v) is 11.1. The van der Waals surface area contributed by atoms with Crippen molar-refractivity contribution in [2.24, 2.45) is 5.92 Å². The summed E-state index contributed by atoms with van der Waals surface area (Å²) in [6, 6.07) is 22.6. The van der Waals surface area contributed by atoms with Gasteiger partial charge in [0.15, 0.2) is 5.78 Å². The summed E-state index contributed by atoms with van der Waals surface area (Å²) in [6.45, 7) is 0.979. The van der Waals surface area contributed by atoms with Crippen LogP contribution in [0.2, 0.25) is 10.0 Å². The summed E-state index contributed by atoms with van der Waals surface area (Å²) in [5.41, 5.74) is 4.41. The van der Waals surface area contributed by atoms with Crippen molar-refractivity contribution in [1.82, 2.24) is 20.4 Å². The fraction of sp³-hybridized carbons (Fsp3) is 0.367. The number of piperidine rings is 1. The van der Waals surface area contributed by atoms with Gasteiger partial charge in [0.2, 0.25) is 17.7 Å². The number of halogens is 3. The van der Waals surface area contributed by atoms with Crippen LogP contribution >= 0.6 is 23.2 Å². The van der Waals surface area contributed by atoms with Gasteiger partial charge in [-0.1, -0.05) is 83.6 Å². The predicted molar refractivity (Wildman–Crippen MR) is 232 cm³/mol. The molecule has 62 heavy (non-hydrogen) atoms. The average molecular weight is 873 g/mol. The average Bonchev–Trinajstić information content (AvgIpc) is 3.66. The van der Waals surface area contributed by atoms with Crippen molar-refractivity contribution < 1.29 is 28.4 Å². The molecule has 316 valence electrons. The van der Waals surface area contributed by atoms with Crippen molar-refractivity contribution in [3.8, 4) is 11.8 Å². The molecule has 3 saturated heterocycles. The van der Waals surface area contributed by atoms with E-state index >= 15 is 4.39 Å². The number of amides is 4. The van der Waals surface area contributed by atoms with E-state index < -0.39 is 29.2 Å². The van der Waals surface area contributed by atoms with Gasteiger partial charge in [0.05, 0.1) is 5.02 Å². The molecule has 4 aromatic carbocycles. The minimum Gasteiger partial charge on any atom is -0.324 e. The number of benzene rings is 4. The normalized spacial score (nSPS) is 26.2. The Kier molecular flexibility index (Phi) is 10.5. The van der Waals surface area contributed by atoms with Crippen molar-refractivity contribution in [2.75, 3.05) is 11.9 Å². The van der Waals surface area contributed by atoms with Gasteiger partial charge in [0, 0.05) is 89.4 Å². The first-order valence-corrected chi connectivity index (χ1v) is 22.2. The van der Waals surface area contributed by atoms with Gasteiger partial charge in [-0.2, -0.15) is 0 Å². The van der Waals surface area contributed by atoms with Crippen LogP contribution in [0.15, 0.2) is 78.9 Å². The zero-order valence-corrected chi connectivity index (χ0v) is 35.3. The van der Waals surface area contributed by atoms with E-state index in [0.29, 0.717) is 72.0 Å². The summed E-state index contributed by atoms with van der Waals surface area (Å²) < 4.78 is 16.2. The van der Waals surface area contributed by atoms with Crippen LogP contribution in [0.25, 0.3) is 0 Å². The molecule has 4 amide bonds. The highest BCUT2D eigenvalue weighted by atomic mass is 35.5. The molecule has 10 rings (SSSR count). The molecule has 1 saturated carbocycles. The molecule has 5 aliphatic heterocycles. The van der Waals surface area contributed by atoms with Crippen LogP contribution in [0, 0.1) is 23.6 Å². The SMILES string of the molecule is O=C1CCC(N2Cc3c(C#CCCCCC(=O)c4ccc([C@H]5C[C@H]6[C@@H](N5)[C@H](c5cccc(Cl)c5F)[C@]5(C(=O)Nc7cc(Cl)ccc75)N6CC5CC5)cc4)cccc3C2=O)C(=O)N1. The van der Waals surface area contributed by atoms with E-state index in [1.807, 2.05) is 36.4 Å². The first kappa shape index (κ1) is 40.7. The third-order valence-electron chi connectivity index (χ3n) is 13.8. The molecule has 4 fully saturated rings. The molecule has 1 aliphatic carbocycles. The molecule has 4 aromatic rings. The number of carbonyl (C=O) groups excluding carboxylic acids is 5. The number of ketones is 1. The standard InChI is InChI=1S/C49H44Cl2FN5O5/c50-31-19-20-35-38(23-31)54-48(62)49(35)43(33-10-6-11-36(51)44(33)52)45-40(57(49)25-27-13-14-27)24-37(53-45)29-15-17-30(18-16-29)41(58)12-4-2-1-3-7-28-8-5-9-32-34(28)26-56(47(32)61)39-21-22-42(59)55-46(39)60/h5-6,8-11,15-20,23,27,37,39-40,43,45,53H,1-2,4,12-14,21-22,24-26H2,(H,54,62)(H,55,59,60)/t37-,39?,40+,43+,45-,49-/m1/s1. The number of imide groups is 1. The third-order valence-corrected chi connectivity index (χ3v) is 14.3. The molecule has 0 bridgehead atoms. The molecule has 3 N–H and O–H groups in total. The highest BCUT2D eigenvalue weighted by Crippen LogP contribution is 2.61. The Morgan fingerprint density at radius 3 is 2.52 bits per heavy atom. The van der Waals surface area contributed by atoms with Gasteiger partial charge in [-0.05, 0) is 91.5 Å². The first-order valence-electron chi connectivity index (χ1n) is 21.5. The number of Topliss-reactive ketones (excluding diaryl/α,β-unsaturated/α-hetero) is 1. The van der Waals surface area contributed by atoms with Crippen molar-refractivity contribution in [3.63, 3.8) is 0 Å². The highest BCUT2D eigenvalue weighted by molar-refractivity contribution is 6.31. The second-order valence-corrected chi connectivity index (χ2v) is 18.3. The lowest BCUT2D eigenvalue weighted by molar-refractivity contribution is -0.137. The molecule has 1 spiro atoms. The Morgan fingerprint density at radius 1 is 0.919 bits per heavy atom. The maximum Gasteiger partial charge on any atom is 0.255 e. The molecule has 6 atom stereocenters. The van der Waals surface area contributed by atoms with E-state index in [2.05, 4.69) is 32.7 Å². The number of fused-ring (bicyclic) bond motifs is 4. The molecule has 0 aromatic heterocycles. The number of unbranched alkanes of at least 4 members (excludes halogenated alkanes) is 2. The summed E-state index contributed by atoms with van der Waals surface area (Å²) >= 11 is 12.8. The number of anilines is 1. The van der Waals surface area contributed by atoms with Gasteiger partial charge in [-0.3, -0.25) is 34.2 Å². The van der Waals surface area contributed by atoms with Gasteiger partial charge >= 0.3 is 0 Å². The zero-order valence-electron chi connectivity index (χ0n) is 33.8. The number of hydrogen-bond acceptors (Lipinski definition) is 7. The van der Waals surface area contributed by atoms with E-state index in [9.17, 15) is 24.0 Å². The highest BCUT2D eigenvalue weighted by Gasteiger charge is 2.69. The molecule has 1 unspecified atom stereocenters. The Bertz CT molecular complexity index is 2620. The molecule has 5 heterocycles. The van der Waals surface area contributed by atoms with E-state index in [1.165, 1.54) is 11.0 Å². The number of likely N-dealkylation sites (tertiary alicyclic amines) is 1. The first-order chi connectivity index (χ1) is 30.0. The molecule has 0 radical (unpaired) electrons. The number of nitrogens with zero attached hydrogens (tertiary/aromatic N) is 2. The molecule has 6 aliphatic rings. The van der Waals surface area contributed by atoms with Gasteiger partial charge < -0.3 is 15.5 Å². The van der Waals surface area contributed by atoms with Crippen LogP contribution in [0.1, 0.15) is 118 Å².